The third-order valence-corrected chi connectivity index (χ3v) is 3.65. The average Bonchev–Trinajstić information content (AvgIpc) is 3.18. The summed E-state index contributed by atoms with van der Waals surface area (Å²) in [5.74, 6) is -0.0425. The van der Waals surface area contributed by atoms with E-state index in [1.807, 2.05) is 6.92 Å². The Morgan fingerprint density at radius 3 is 2.75 bits per heavy atom. The molecule has 0 saturated carbocycles. The summed E-state index contributed by atoms with van der Waals surface area (Å²) in [6, 6.07) is 8.31. The van der Waals surface area contributed by atoms with Crippen LogP contribution in [0.25, 0.3) is 11.1 Å². The lowest BCUT2D eigenvalue weighted by Crippen LogP contribution is -2.32. The molecule has 0 unspecified atom stereocenters. The molecular weight excluding hydrogens is 378 g/mol. The van der Waals surface area contributed by atoms with Crippen molar-refractivity contribution in [3.05, 3.63) is 46.7 Å². The predicted octanol–water partition coefficient (Wildman–Crippen LogP) is 3.11. The molecule has 3 aromatic rings. The van der Waals surface area contributed by atoms with E-state index >= 15 is 0 Å². The molecule has 2 N–H and O–H groups in total. The van der Waals surface area contributed by atoms with Gasteiger partial charge in [-0.3, -0.25) is 9.59 Å². The SMILES string of the molecule is CCc1nc2cc(NC(=O)CNC(=O)c3ccc(Br)o3)ccc2o1. The van der Waals surface area contributed by atoms with Crippen LogP contribution in [0.2, 0.25) is 0 Å². The van der Waals surface area contributed by atoms with Crippen LogP contribution in [0.1, 0.15) is 23.4 Å². The predicted molar refractivity (Wildman–Crippen MR) is 90.8 cm³/mol. The number of carbonyl (C=O) groups is 2. The fourth-order valence-electron chi connectivity index (χ4n) is 2.09. The molecule has 0 radical (unpaired) electrons. The van der Waals surface area contributed by atoms with Crippen LogP contribution in [-0.2, 0) is 11.2 Å². The van der Waals surface area contributed by atoms with Crippen LogP contribution in [0.3, 0.4) is 0 Å². The number of nitrogens with one attached hydrogen (secondary N) is 2. The van der Waals surface area contributed by atoms with Gasteiger partial charge in [-0.15, -0.1) is 0 Å². The first-order chi connectivity index (χ1) is 11.5. The van der Waals surface area contributed by atoms with Crippen LogP contribution in [0, 0.1) is 0 Å². The number of carbonyl (C=O) groups excluding carboxylic acids is 2. The van der Waals surface area contributed by atoms with Crippen molar-refractivity contribution in [1.82, 2.24) is 10.3 Å². The first-order valence-electron chi connectivity index (χ1n) is 7.28. The summed E-state index contributed by atoms with van der Waals surface area (Å²) in [5.41, 5.74) is 1.93. The molecule has 0 fully saturated rings. The molecule has 2 aromatic heterocycles. The van der Waals surface area contributed by atoms with Gasteiger partial charge in [0.1, 0.15) is 5.52 Å². The van der Waals surface area contributed by atoms with Gasteiger partial charge in [-0.1, -0.05) is 6.92 Å². The van der Waals surface area contributed by atoms with Gasteiger partial charge in [-0.25, -0.2) is 4.98 Å². The fourth-order valence-corrected chi connectivity index (χ4v) is 2.40. The molecule has 2 amide bonds. The summed E-state index contributed by atoms with van der Waals surface area (Å²) in [5, 5.41) is 5.18. The molecule has 7 nitrogen and oxygen atoms in total. The van der Waals surface area contributed by atoms with E-state index in [2.05, 4.69) is 31.5 Å². The van der Waals surface area contributed by atoms with Crippen molar-refractivity contribution in [2.75, 3.05) is 11.9 Å². The normalized spacial score (nSPS) is 10.8. The second-order valence-corrected chi connectivity index (χ2v) is 5.76. The number of anilines is 1. The van der Waals surface area contributed by atoms with Crippen molar-refractivity contribution in [1.29, 1.82) is 0 Å². The molecule has 0 bridgehead atoms. The second kappa shape index (κ2) is 6.88. The first kappa shape index (κ1) is 16.3. The zero-order valence-electron chi connectivity index (χ0n) is 12.8. The number of rotatable bonds is 5. The van der Waals surface area contributed by atoms with E-state index in [1.54, 1.807) is 24.3 Å². The second-order valence-electron chi connectivity index (χ2n) is 4.98. The van der Waals surface area contributed by atoms with Gasteiger partial charge in [0.25, 0.3) is 5.91 Å². The highest BCUT2D eigenvalue weighted by atomic mass is 79.9. The van der Waals surface area contributed by atoms with Crippen LogP contribution >= 0.6 is 15.9 Å². The van der Waals surface area contributed by atoms with Gasteiger partial charge in [0.15, 0.2) is 21.9 Å². The summed E-state index contributed by atoms with van der Waals surface area (Å²) < 4.78 is 11.1. The Kier molecular flexibility index (Phi) is 4.66. The third kappa shape index (κ3) is 3.65. The molecule has 2 heterocycles. The van der Waals surface area contributed by atoms with Gasteiger partial charge in [-0.05, 0) is 46.3 Å². The number of amides is 2. The summed E-state index contributed by atoms with van der Waals surface area (Å²) in [4.78, 5) is 28.0. The Labute approximate surface area is 145 Å². The van der Waals surface area contributed by atoms with E-state index in [-0.39, 0.29) is 18.2 Å². The molecule has 124 valence electrons. The monoisotopic (exact) mass is 391 g/mol. The van der Waals surface area contributed by atoms with Crippen LogP contribution in [0.4, 0.5) is 5.69 Å². The third-order valence-electron chi connectivity index (χ3n) is 3.22. The Morgan fingerprint density at radius 1 is 1.21 bits per heavy atom. The van der Waals surface area contributed by atoms with Crippen molar-refractivity contribution in [2.45, 2.75) is 13.3 Å². The lowest BCUT2D eigenvalue weighted by atomic mass is 10.3. The van der Waals surface area contributed by atoms with Gasteiger partial charge in [-0.2, -0.15) is 0 Å². The molecule has 1 aromatic carbocycles. The summed E-state index contributed by atoms with van der Waals surface area (Å²) in [6.07, 6.45) is 0.700. The van der Waals surface area contributed by atoms with E-state index in [1.165, 1.54) is 6.07 Å². The number of fused-ring (bicyclic) bond motifs is 1. The molecule has 0 aliphatic carbocycles. The van der Waals surface area contributed by atoms with Crippen LogP contribution < -0.4 is 10.6 Å². The number of hydrogen-bond acceptors (Lipinski definition) is 5. The van der Waals surface area contributed by atoms with Crippen molar-refractivity contribution in [3.63, 3.8) is 0 Å². The average molecular weight is 392 g/mol. The number of furan rings is 1. The van der Waals surface area contributed by atoms with E-state index in [0.717, 1.165) is 0 Å². The number of hydrogen-bond donors (Lipinski definition) is 2. The maximum absolute atomic E-state index is 11.9. The van der Waals surface area contributed by atoms with E-state index in [9.17, 15) is 9.59 Å². The minimum absolute atomic E-state index is 0.130. The minimum Gasteiger partial charge on any atom is -0.444 e. The molecule has 0 aliphatic rings. The van der Waals surface area contributed by atoms with E-state index in [0.29, 0.717) is 33.8 Å². The number of aromatic nitrogens is 1. The minimum atomic E-state index is -0.463. The zero-order valence-corrected chi connectivity index (χ0v) is 14.3. The summed E-state index contributed by atoms with van der Waals surface area (Å²) in [7, 11) is 0. The lowest BCUT2D eigenvalue weighted by Gasteiger charge is -2.05. The molecule has 8 heteroatoms. The molecule has 24 heavy (non-hydrogen) atoms. The van der Waals surface area contributed by atoms with Crippen LogP contribution in [0.5, 0.6) is 0 Å². The number of oxazole rings is 1. The fraction of sp³-hybridized carbons (Fsp3) is 0.188. The number of aryl methyl sites for hydroxylation is 1. The molecule has 0 atom stereocenters. The van der Waals surface area contributed by atoms with Gasteiger partial charge in [0, 0.05) is 12.1 Å². The Bertz CT molecular complexity index is 900. The Hall–Kier alpha value is -2.61. The van der Waals surface area contributed by atoms with Crippen molar-refractivity contribution in [3.8, 4) is 0 Å². The van der Waals surface area contributed by atoms with Crippen molar-refractivity contribution >= 4 is 44.5 Å². The van der Waals surface area contributed by atoms with Gasteiger partial charge >= 0.3 is 0 Å². The first-order valence-corrected chi connectivity index (χ1v) is 8.07. The molecule has 0 saturated heterocycles. The molecule has 0 aliphatic heterocycles. The molecular formula is C16H14BrN3O4. The quantitative estimate of drug-likeness (QED) is 0.696. The Morgan fingerprint density at radius 2 is 2.04 bits per heavy atom. The van der Waals surface area contributed by atoms with Crippen molar-refractivity contribution < 1.29 is 18.4 Å². The maximum Gasteiger partial charge on any atom is 0.287 e. The van der Waals surface area contributed by atoms with Crippen molar-refractivity contribution in [2.24, 2.45) is 0 Å². The topological polar surface area (TPSA) is 97.4 Å². The smallest absolute Gasteiger partial charge is 0.287 e. The summed E-state index contributed by atoms with van der Waals surface area (Å²) >= 11 is 3.11. The standard InChI is InChI=1S/C16H14BrN3O4/c1-2-15-20-10-7-9(3-4-11(10)24-15)19-14(21)8-18-16(22)12-5-6-13(17)23-12/h3-7H,2,8H2,1H3,(H,18,22)(H,19,21). The largest absolute Gasteiger partial charge is 0.444 e. The highest BCUT2D eigenvalue weighted by molar-refractivity contribution is 9.10. The van der Waals surface area contributed by atoms with E-state index in [4.69, 9.17) is 8.83 Å². The van der Waals surface area contributed by atoms with E-state index < -0.39 is 5.91 Å². The number of nitrogens with zero attached hydrogens (tertiary/aromatic N) is 1. The summed E-state index contributed by atoms with van der Waals surface area (Å²) in [6.45, 7) is 1.78. The number of benzene rings is 1. The highest BCUT2D eigenvalue weighted by Gasteiger charge is 2.12. The lowest BCUT2D eigenvalue weighted by molar-refractivity contribution is -0.115. The maximum atomic E-state index is 11.9. The van der Waals surface area contributed by atoms with Gasteiger partial charge in [0.05, 0.1) is 6.54 Å². The van der Waals surface area contributed by atoms with Gasteiger partial charge < -0.3 is 19.5 Å². The zero-order chi connectivity index (χ0) is 17.1. The highest BCUT2D eigenvalue weighted by Crippen LogP contribution is 2.20. The molecule has 0 spiro atoms. The Balaban J connectivity index is 1.59. The molecule has 3 rings (SSSR count). The van der Waals surface area contributed by atoms with Crippen LogP contribution in [-0.4, -0.2) is 23.3 Å². The van der Waals surface area contributed by atoms with Gasteiger partial charge in [0.2, 0.25) is 5.91 Å². The number of halogens is 1. The van der Waals surface area contributed by atoms with Crippen LogP contribution in [0.15, 0.2) is 43.8 Å².